The van der Waals surface area contributed by atoms with Gasteiger partial charge in [-0.2, -0.15) is 5.26 Å². The van der Waals surface area contributed by atoms with E-state index in [0.29, 0.717) is 0 Å². The van der Waals surface area contributed by atoms with Crippen molar-refractivity contribution in [3.05, 3.63) is 75.7 Å². The molecule has 0 heterocycles. The first-order valence-corrected chi connectivity index (χ1v) is 12.5. The van der Waals surface area contributed by atoms with Gasteiger partial charge in [-0.3, -0.25) is 0 Å². The molecule has 0 bridgehead atoms. The molecule has 1 unspecified atom stereocenters. The molecule has 3 N–H and O–H groups in total. The molecular weight excluding hydrogens is 420 g/mol. The van der Waals surface area contributed by atoms with Crippen molar-refractivity contribution >= 4 is 19.2 Å². The Balaban J connectivity index is 1.92. The number of hydrogen-bond donors (Lipinski definition) is 2. The van der Waals surface area contributed by atoms with Gasteiger partial charge in [0.15, 0.2) is 0 Å². The van der Waals surface area contributed by atoms with Crippen molar-refractivity contribution in [2.45, 2.75) is 71.3 Å². The molecule has 0 saturated heterocycles. The van der Waals surface area contributed by atoms with Crippen LogP contribution >= 0.6 is 0 Å². The maximum absolute atomic E-state index is 14.6. The van der Waals surface area contributed by atoms with Gasteiger partial charge in [-0.1, -0.05) is 17.7 Å². The molecule has 2 aliphatic rings. The minimum atomic E-state index is -0.480. The molecular formula is C29H36BFN3. The van der Waals surface area contributed by atoms with Crippen molar-refractivity contribution < 1.29 is 4.39 Å². The molecule has 1 atom stereocenters. The zero-order chi connectivity index (χ0) is 24.5. The second-order valence-electron chi connectivity index (χ2n) is 9.44. The summed E-state index contributed by atoms with van der Waals surface area (Å²) in [5, 5.41) is 12.2. The van der Waals surface area contributed by atoms with E-state index in [4.69, 9.17) is 18.5 Å². The van der Waals surface area contributed by atoms with Crippen LogP contribution in [0.3, 0.4) is 0 Å². The molecule has 0 amide bonds. The molecule has 34 heavy (non-hydrogen) atoms. The van der Waals surface area contributed by atoms with Crippen molar-refractivity contribution in [2.24, 2.45) is 11.7 Å². The van der Waals surface area contributed by atoms with Gasteiger partial charge < -0.3 is 0 Å². The Hall–Kier alpha value is -2.71. The van der Waals surface area contributed by atoms with Crippen LogP contribution in [0.1, 0.15) is 76.3 Å². The van der Waals surface area contributed by atoms with Crippen molar-refractivity contribution in [3.8, 4) is 6.07 Å². The normalized spacial score (nSPS) is 17.8. The number of benzene rings is 1. The van der Waals surface area contributed by atoms with E-state index in [1.807, 2.05) is 12.1 Å². The van der Waals surface area contributed by atoms with Crippen molar-refractivity contribution in [1.82, 2.24) is 5.32 Å². The number of rotatable bonds is 12. The van der Waals surface area contributed by atoms with Crippen LogP contribution in [0, 0.1) is 23.1 Å². The molecule has 0 spiro atoms. The predicted octanol–water partition coefficient (Wildman–Crippen LogP) is 5.88. The first-order chi connectivity index (χ1) is 16.5. The molecule has 5 heteroatoms. The topological polar surface area (TPSA) is 61.8 Å². The van der Waals surface area contributed by atoms with E-state index in [2.05, 4.69) is 37.4 Å². The summed E-state index contributed by atoms with van der Waals surface area (Å²) in [5.41, 5.74) is 13.6. The summed E-state index contributed by atoms with van der Waals surface area (Å²) >= 11 is 0. The van der Waals surface area contributed by atoms with Crippen LogP contribution in [0.2, 0.25) is 0 Å². The Morgan fingerprint density at radius 1 is 1.32 bits per heavy atom. The van der Waals surface area contributed by atoms with Gasteiger partial charge in [0.05, 0.1) is 5.56 Å². The van der Waals surface area contributed by atoms with Crippen LogP contribution in [-0.4, -0.2) is 26.2 Å². The van der Waals surface area contributed by atoms with E-state index in [-0.39, 0.29) is 11.6 Å². The molecule has 2 aliphatic carbocycles. The second-order valence-corrected chi connectivity index (χ2v) is 9.44. The average Bonchev–Trinajstić information content (AvgIpc) is 3.70. The van der Waals surface area contributed by atoms with Crippen LogP contribution < -0.4 is 11.1 Å². The first-order valence-electron chi connectivity index (χ1n) is 12.5. The fraction of sp³-hybridized carbons (Fsp3) is 0.448. The zero-order valence-corrected chi connectivity index (χ0v) is 20.5. The molecule has 3 nitrogen and oxygen atoms in total. The second kappa shape index (κ2) is 12.7. The summed E-state index contributed by atoms with van der Waals surface area (Å²) in [5.74, 6) is 0.311. The van der Waals surface area contributed by atoms with Crippen LogP contribution in [-0.2, 0) is 0 Å². The number of nitrogens with zero attached hydrogens (tertiary/aromatic N) is 1. The van der Waals surface area contributed by atoms with Gasteiger partial charge in [0.1, 0.15) is 11.9 Å². The standard InChI is InChI=1S/C29H36BFN3/c1-3-21(15-27(33)5-4-14-34-19-30)16-28(25-12-13-26(18-32)29(31)17-25)20(2)22-6-8-23(9-7-22)24-10-11-24/h6,8,12-13,16-17,19,24,27,34H,3-5,7,9-11,14-15,33H2,1-2H3/b21-16+,28-20-. The van der Waals surface area contributed by atoms with Crippen molar-refractivity contribution in [3.63, 3.8) is 0 Å². The van der Waals surface area contributed by atoms with Crippen LogP contribution in [0.5, 0.6) is 0 Å². The number of nitriles is 1. The quantitative estimate of drug-likeness (QED) is 0.235. The van der Waals surface area contributed by atoms with E-state index < -0.39 is 5.82 Å². The minimum absolute atomic E-state index is 0.0583. The molecule has 1 aromatic carbocycles. The monoisotopic (exact) mass is 456 g/mol. The molecule has 0 aromatic heterocycles. The summed E-state index contributed by atoms with van der Waals surface area (Å²) in [6, 6.07) is 6.90. The van der Waals surface area contributed by atoms with E-state index in [1.165, 1.54) is 36.1 Å². The van der Waals surface area contributed by atoms with Crippen LogP contribution in [0.25, 0.3) is 5.57 Å². The van der Waals surface area contributed by atoms with Gasteiger partial charge in [0.25, 0.3) is 0 Å². The Labute approximate surface area is 205 Å². The maximum atomic E-state index is 14.6. The van der Waals surface area contributed by atoms with Gasteiger partial charge in [0.2, 0.25) is 0 Å². The number of allylic oxidation sites excluding steroid dienone is 7. The van der Waals surface area contributed by atoms with Gasteiger partial charge in [-0.05, 0) is 37.7 Å². The molecule has 1 fully saturated rings. The van der Waals surface area contributed by atoms with Gasteiger partial charge in [-0.15, -0.1) is 0 Å². The van der Waals surface area contributed by atoms with Crippen molar-refractivity contribution in [2.75, 3.05) is 6.54 Å². The first kappa shape index (κ1) is 25.9. The van der Waals surface area contributed by atoms with Gasteiger partial charge in [0, 0.05) is 0 Å². The summed E-state index contributed by atoms with van der Waals surface area (Å²) < 4.78 is 14.6. The van der Waals surface area contributed by atoms with E-state index in [9.17, 15) is 4.39 Å². The van der Waals surface area contributed by atoms with Crippen molar-refractivity contribution in [1.29, 1.82) is 5.26 Å². The van der Waals surface area contributed by atoms with Gasteiger partial charge in [-0.25, -0.2) is 4.39 Å². The molecule has 1 radical (unpaired) electrons. The third-order valence-electron chi connectivity index (χ3n) is 6.91. The predicted molar refractivity (Wildman–Crippen MR) is 142 cm³/mol. The van der Waals surface area contributed by atoms with E-state index in [1.54, 1.807) is 11.6 Å². The Morgan fingerprint density at radius 2 is 2.12 bits per heavy atom. The molecule has 0 aliphatic heterocycles. The number of nitrogens with one attached hydrogen (secondary N) is 1. The van der Waals surface area contributed by atoms with E-state index >= 15 is 0 Å². The third kappa shape index (κ3) is 7.14. The molecule has 1 saturated carbocycles. The van der Waals surface area contributed by atoms with Crippen LogP contribution in [0.4, 0.5) is 4.39 Å². The summed E-state index contributed by atoms with van der Waals surface area (Å²) in [6.07, 6.45) is 16.5. The fourth-order valence-electron chi connectivity index (χ4n) is 4.61. The SMILES string of the molecule is [B]=CNCCCC(N)C/C(=C/C(=C(\C)C1=CC=C(C2CC2)CC1)c1ccc(C#N)c(F)c1)CC. The van der Waals surface area contributed by atoms with E-state index in [0.717, 1.165) is 67.7 Å². The Bertz CT molecular complexity index is 1050. The Morgan fingerprint density at radius 3 is 2.71 bits per heavy atom. The summed E-state index contributed by atoms with van der Waals surface area (Å²) in [6.45, 7) is 5.08. The molecule has 3 rings (SSSR count). The average molecular weight is 456 g/mol. The van der Waals surface area contributed by atoms with Gasteiger partial charge >= 0.3 is 123 Å². The summed E-state index contributed by atoms with van der Waals surface area (Å²) in [7, 11) is 5.37. The Kier molecular flexibility index (Phi) is 9.66. The fourth-order valence-corrected chi connectivity index (χ4v) is 4.61. The number of halogens is 1. The number of nitrogens with two attached hydrogens (primary N) is 1. The zero-order valence-electron chi connectivity index (χ0n) is 20.5. The number of hydrogen-bond acceptors (Lipinski definition) is 3. The molecule has 177 valence electrons. The molecule has 1 aromatic rings. The third-order valence-corrected chi connectivity index (χ3v) is 6.91. The summed E-state index contributed by atoms with van der Waals surface area (Å²) in [4.78, 5) is 0. The van der Waals surface area contributed by atoms with Crippen LogP contribution in [0.15, 0.2) is 58.7 Å².